The van der Waals surface area contributed by atoms with Crippen LogP contribution in [0.5, 0.6) is 0 Å². The van der Waals surface area contributed by atoms with Crippen LogP contribution in [0.2, 0.25) is 0 Å². The Morgan fingerprint density at radius 2 is 1.78 bits per heavy atom. The zero-order valence-corrected chi connectivity index (χ0v) is 11.5. The van der Waals surface area contributed by atoms with Gasteiger partial charge in [-0.1, -0.05) is 32.9 Å². The van der Waals surface area contributed by atoms with Crippen molar-refractivity contribution in [1.29, 1.82) is 0 Å². The van der Waals surface area contributed by atoms with Gasteiger partial charge in [0.25, 0.3) is 0 Å². The summed E-state index contributed by atoms with van der Waals surface area (Å²) in [5, 5.41) is 13.4. The third kappa shape index (κ3) is 4.39. The fourth-order valence-electron chi connectivity index (χ4n) is 1.93. The maximum atomic E-state index is 12.8. The average molecular weight is 253 g/mol. The number of hydrogen-bond donors (Lipinski definition) is 2. The molecule has 0 fully saturated rings. The first kappa shape index (κ1) is 15.1. The van der Waals surface area contributed by atoms with Crippen LogP contribution in [0.3, 0.4) is 0 Å². The average Bonchev–Trinajstić information content (AvgIpc) is 2.39. The lowest BCUT2D eigenvalue weighted by Crippen LogP contribution is -2.40. The van der Waals surface area contributed by atoms with Crippen molar-refractivity contribution in [3.05, 3.63) is 35.6 Å². The predicted molar refractivity (Wildman–Crippen MR) is 73.2 cm³/mol. The van der Waals surface area contributed by atoms with Crippen LogP contribution in [0, 0.1) is 5.82 Å². The van der Waals surface area contributed by atoms with E-state index in [0.29, 0.717) is 12.5 Å². The summed E-state index contributed by atoms with van der Waals surface area (Å²) in [5.41, 5.74) is 0.503. The highest BCUT2D eigenvalue weighted by Gasteiger charge is 2.21. The number of benzene rings is 1. The molecule has 102 valence electrons. The summed E-state index contributed by atoms with van der Waals surface area (Å²) in [6.45, 7) is 7.47. The summed E-state index contributed by atoms with van der Waals surface area (Å²) in [6, 6.07) is 6.60. The molecule has 1 unspecified atom stereocenters. The van der Waals surface area contributed by atoms with Gasteiger partial charge < -0.3 is 10.4 Å². The summed E-state index contributed by atoms with van der Waals surface area (Å²) < 4.78 is 12.8. The van der Waals surface area contributed by atoms with Gasteiger partial charge in [-0.3, -0.25) is 0 Å². The molecule has 0 spiro atoms. The summed E-state index contributed by atoms with van der Waals surface area (Å²) >= 11 is 0. The van der Waals surface area contributed by atoms with E-state index >= 15 is 0 Å². The molecular weight excluding hydrogens is 229 g/mol. The van der Waals surface area contributed by atoms with E-state index in [2.05, 4.69) is 12.2 Å². The highest BCUT2D eigenvalue weighted by Crippen LogP contribution is 2.16. The lowest BCUT2D eigenvalue weighted by atomic mass is 9.96. The van der Waals surface area contributed by atoms with Gasteiger partial charge in [0, 0.05) is 13.1 Å². The number of aliphatic hydroxyl groups is 1. The molecular formula is C15H24FNO. The minimum atomic E-state index is -0.609. The van der Waals surface area contributed by atoms with E-state index in [-0.39, 0.29) is 5.82 Å². The molecule has 0 radical (unpaired) electrons. The van der Waals surface area contributed by atoms with Crippen LogP contribution in [0.25, 0.3) is 0 Å². The Bertz CT molecular complexity index is 346. The lowest BCUT2D eigenvalue weighted by molar-refractivity contribution is 0.0325. The van der Waals surface area contributed by atoms with Crippen molar-refractivity contribution < 1.29 is 9.50 Å². The fraction of sp³-hybridized carbons (Fsp3) is 0.600. The number of rotatable bonds is 7. The predicted octanol–water partition coefficient (Wildman–Crippen LogP) is 3.07. The van der Waals surface area contributed by atoms with E-state index in [1.54, 1.807) is 0 Å². The van der Waals surface area contributed by atoms with Crippen LogP contribution in [-0.2, 0) is 0 Å². The first-order valence-electron chi connectivity index (χ1n) is 6.69. The Hall–Kier alpha value is -0.930. The maximum absolute atomic E-state index is 12.8. The van der Waals surface area contributed by atoms with Crippen LogP contribution in [0.15, 0.2) is 24.3 Å². The van der Waals surface area contributed by atoms with Crippen molar-refractivity contribution in [1.82, 2.24) is 5.32 Å². The highest BCUT2D eigenvalue weighted by molar-refractivity contribution is 5.20. The molecule has 0 heterocycles. The molecule has 1 rings (SSSR count). The number of halogens is 1. The first-order valence-corrected chi connectivity index (χ1v) is 6.69. The molecule has 0 aliphatic rings. The Kier molecular flexibility index (Phi) is 5.76. The van der Waals surface area contributed by atoms with Gasteiger partial charge in [0.15, 0.2) is 0 Å². The van der Waals surface area contributed by atoms with Crippen molar-refractivity contribution in [2.45, 2.75) is 45.1 Å². The molecule has 0 aliphatic heterocycles. The third-order valence-corrected chi connectivity index (χ3v) is 3.66. The first-order chi connectivity index (χ1) is 8.50. The molecule has 1 aromatic carbocycles. The van der Waals surface area contributed by atoms with Crippen molar-refractivity contribution in [3.63, 3.8) is 0 Å². The van der Waals surface area contributed by atoms with Gasteiger partial charge in [0.2, 0.25) is 0 Å². The van der Waals surface area contributed by atoms with Crippen LogP contribution in [0.1, 0.15) is 45.1 Å². The van der Waals surface area contributed by atoms with Crippen molar-refractivity contribution in [2.75, 3.05) is 13.1 Å². The quantitative estimate of drug-likeness (QED) is 0.782. The van der Waals surface area contributed by atoms with Gasteiger partial charge in [-0.2, -0.15) is 0 Å². The Labute approximate surface area is 109 Å². The Morgan fingerprint density at radius 1 is 1.22 bits per heavy atom. The largest absolute Gasteiger partial charge is 0.389 e. The number of hydrogen-bond acceptors (Lipinski definition) is 2. The van der Waals surface area contributed by atoms with Gasteiger partial charge >= 0.3 is 0 Å². The van der Waals surface area contributed by atoms with Gasteiger partial charge in [-0.05, 0) is 36.5 Å². The molecule has 18 heavy (non-hydrogen) atoms. The molecule has 2 nitrogen and oxygen atoms in total. The minimum Gasteiger partial charge on any atom is -0.389 e. The van der Waals surface area contributed by atoms with E-state index in [1.807, 2.05) is 26.0 Å². The monoisotopic (exact) mass is 253 g/mol. The maximum Gasteiger partial charge on any atom is 0.123 e. The smallest absolute Gasteiger partial charge is 0.123 e. The molecule has 3 heteroatoms. The zero-order chi connectivity index (χ0) is 13.6. The molecule has 0 aliphatic carbocycles. The lowest BCUT2D eigenvalue weighted by Gasteiger charge is -2.26. The molecule has 0 aromatic heterocycles. The molecule has 0 bridgehead atoms. The second-order valence-electron chi connectivity index (χ2n) is 5.01. The van der Waals surface area contributed by atoms with E-state index in [0.717, 1.165) is 24.9 Å². The van der Waals surface area contributed by atoms with Gasteiger partial charge in [-0.25, -0.2) is 4.39 Å². The Balaban J connectivity index is 2.42. The molecule has 0 amide bonds. The topological polar surface area (TPSA) is 32.3 Å². The zero-order valence-electron chi connectivity index (χ0n) is 11.5. The minimum absolute atomic E-state index is 0.203. The van der Waals surface area contributed by atoms with Gasteiger partial charge in [0.1, 0.15) is 5.82 Å². The van der Waals surface area contributed by atoms with Gasteiger partial charge in [-0.15, -0.1) is 0 Å². The number of nitrogens with one attached hydrogen (secondary N) is 1. The standard InChI is InChI=1S/C15H24FNO/c1-4-15(18,5-2)11-17-10-12(3)13-6-8-14(16)9-7-13/h6-9,12,17-18H,4-5,10-11H2,1-3H3. The van der Waals surface area contributed by atoms with E-state index < -0.39 is 5.60 Å². The summed E-state index contributed by atoms with van der Waals surface area (Å²) in [5.74, 6) is 0.105. The summed E-state index contributed by atoms with van der Waals surface area (Å²) in [7, 11) is 0. The van der Waals surface area contributed by atoms with Crippen molar-refractivity contribution >= 4 is 0 Å². The van der Waals surface area contributed by atoms with E-state index in [9.17, 15) is 9.50 Å². The molecule has 2 N–H and O–H groups in total. The normalized spacial score (nSPS) is 13.6. The molecule has 0 saturated carbocycles. The summed E-state index contributed by atoms with van der Waals surface area (Å²) in [4.78, 5) is 0. The van der Waals surface area contributed by atoms with E-state index in [4.69, 9.17) is 0 Å². The van der Waals surface area contributed by atoms with Crippen molar-refractivity contribution in [3.8, 4) is 0 Å². The highest BCUT2D eigenvalue weighted by atomic mass is 19.1. The Morgan fingerprint density at radius 3 is 2.28 bits per heavy atom. The van der Waals surface area contributed by atoms with Crippen LogP contribution < -0.4 is 5.32 Å². The second kappa shape index (κ2) is 6.86. The second-order valence-corrected chi connectivity index (χ2v) is 5.01. The molecule has 1 aromatic rings. The third-order valence-electron chi connectivity index (χ3n) is 3.66. The van der Waals surface area contributed by atoms with Crippen LogP contribution >= 0.6 is 0 Å². The molecule has 1 atom stereocenters. The summed E-state index contributed by atoms with van der Waals surface area (Å²) in [6.07, 6.45) is 1.50. The van der Waals surface area contributed by atoms with Crippen molar-refractivity contribution in [2.24, 2.45) is 0 Å². The van der Waals surface area contributed by atoms with Crippen LogP contribution in [0.4, 0.5) is 4.39 Å². The molecule has 0 saturated heterocycles. The van der Waals surface area contributed by atoms with E-state index in [1.165, 1.54) is 12.1 Å². The SMILES string of the molecule is CCC(O)(CC)CNCC(C)c1ccc(F)cc1. The van der Waals surface area contributed by atoms with Gasteiger partial charge in [0.05, 0.1) is 5.60 Å². The van der Waals surface area contributed by atoms with Crippen LogP contribution in [-0.4, -0.2) is 23.8 Å². The fourth-order valence-corrected chi connectivity index (χ4v) is 1.93.